The molecular weight excluding hydrogens is 304 g/mol. The lowest BCUT2D eigenvalue weighted by Crippen LogP contribution is -2.25. The fraction of sp³-hybridized carbons (Fsp3) is 0.263. The summed E-state index contributed by atoms with van der Waals surface area (Å²) in [4.78, 5) is 23.9. The van der Waals surface area contributed by atoms with Crippen LogP contribution in [0.3, 0.4) is 0 Å². The van der Waals surface area contributed by atoms with Gasteiger partial charge in [-0.25, -0.2) is 0 Å². The molecule has 0 radical (unpaired) electrons. The number of aliphatic hydroxyl groups excluding tert-OH is 1. The topological polar surface area (TPSA) is 78.4 Å². The Balaban J connectivity index is 1.53. The highest BCUT2D eigenvalue weighted by atomic mass is 16.3. The predicted molar refractivity (Wildman–Crippen MR) is 91.6 cm³/mol. The summed E-state index contributed by atoms with van der Waals surface area (Å²) < 4.78 is 0. The first-order chi connectivity index (χ1) is 11.6. The molecule has 0 aromatic heterocycles. The first kappa shape index (κ1) is 16.2. The Hall–Kier alpha value is -2.66. The Bertz CT molecular complexity index is 709. The summed E-state index contributed by atoms with van der Waals surface area (Å²) in [6.07, 6.45) is 1.23. The molecule has 0 saturated heterocycles. The van der Waals surface area contributed by atoms with Crippen LogP contribution in [-0.4, -0.2) is 23.0 Å². The molecule has 24 heavy (non-hydrogen) atoms. The van der Waals surface area contributed by atoms with Gasteiger partial charge >= 0.3 is 0 Å². The van der Waals surface area contributed by atoms with E-state index in [1.165, 1.54) is 0 Å². The third-order valence-corrected chi connectivity index (χ3v) is 3.91. The van der Waals surface area contributed by atoms with Crippen LogP contribution in [0.1, 0.15) is 41.3 Å². The van der Waals surface area contributed by atoms with Crippen molar-refractivity contribution in [2.24, 2.45) is 0 Å². The highest BCUT2D eigenvalue weighted by Crippen LogP contribution is 2.20. The van der Waals surface area contributed by atoms with E-state index >= 15 is 0 Å². The highest BCUT2D eigenvalue weighted by Gasteiger charge is 2.23. The predicted octanol–water partition coefficient (Wildman–Crippen LogP) is 2.64. The van der Waals surface area contributed by atoms with Crippen LogP contribution >= 0.6 is 0 Å². The summed E-state index contributed by atoms with van der Waals surface area (Å²) in [6.45, 7) is 0. The summed E-state index contributed by atoms with van der Waals surface area (Å²) in [6, 6.07) is 16.1. The molecule has 2 amide bonds. The van der Waals surface area contributed by atoms with Gasteiger partial charge in [-0.05, 0) is 42.7 Å². The maximum atomic E-state index is 12.0. The first-order valence-corrected chi connectivity index (χ1v) is 8.05. The summed E-state index contributed by atoms with van der Waals surface area (Å²) >= 11 is 0. The van der Waals surface area contributed by atoms with Crippen LogP contribution in [0.15, 0.2) is 54.6 Å². The molecule has 1 aliphatic rings. The van der Waals surface area contributed by atoms with Crippen LogP contribution in [0, 0.1) is 0 Å². The van der Waals surface area contributed by atoms with Crippen molar-refractivity contribution in [3.05, 3.63) is 65.7 Å². The van der Waals surface area contributed by atoms with Crippen LogP contribution in [0.4, 0.5) is 5.69 Å². The van der Waals surface area contributed by atoms with E-state index in [9.17, 15) is 14.7 Å². The summed E-state index contributed by atoms with van der Waals surface area (Å²) in [7, 11) is 0. The summed E-state index contributed by atoms with van der Waals surface area (Å²) in [5.41, 5.74) is 1.88. The molecule has 3 N–H and O–H groups in total. The molecule has 1 saturated carbocycles. The Morgan fingerprint density at radius 2 is 1.71 bits per heavy atom. The van der Waals surface area contributed by atoms with Crippen molar-refractivity contribution in [3.63, 3.8) is 0 Å². The Labute approximate surface area is 140 Å². The van der Waals surface area contributed by atoms with Crippen LogP contribution < -0.4 is 10.6 Å². The molecule has 5 nitrogen and oxygen atoms in total. The lowest BCUT2D eigenvalue weighted by atomic mass is 10.1. The Kier molecular flexibility index (Phi) is 4.91. The van der Waals surface area contributed by atoms with E-state index in [4.69, 9.17) is 0 Å². The zero-order valence-electron chi connectivity index (χ0n) is 13.2. The molecule has 0 heterocycles. The highest BCUT2D eigenvalue weighted by molar-refractivity contribution is 5.96. The van der Waals surface area contributed by atoms with Gasteiger partial charge < -0.3 is 15.7 Å². The third-order valence-electron chi connectivity index (χ3n) is 3.91. The van der Waals surface area contributed by atoms with Gasteiger partial charge in [0.15, 0.2) is 0 Å². The molecule has 1 fully saturated rings. The fourth-order valence-electron chi connectivity index (χ4n) is 2.38. The lowest BCUT2D eigenvalue weighted by molar-refractivity contribution is -0.118. The Morgan fingerprint density at radius 1 is 1.04 bits per heavy atom. The molecule has 1 atom stereocenters. The minimum Gasteiger partial charge on any atom is -0.388 e. The average Bonchev–Trinajstić information content (AvgIpc) is 3.40. The minimum atomic E-state index is -0.838. The number of rotatable bonds is 6. The van der Waals surface area contributed by atoms with Gasteiger partial charge in [-0.1, -0.05) is 30.3 Å². The van der Waals surface area contributed by atoms with Crippen molar-refractivity contribution < 1.29 is 14.7 Å². The summed E-state index contributed by atoms with van der Waals surface area (Å²) in [5, 5.41) is 15.7. The molecule has 124 valence electrons. The number of carbonyl (C=O) groups excluding carboxylic acids is 2. The van der Waals surface area contributed by atoms with Gasteiger partial charge in [-0.2, -0.15) is 0 Å². The molecule has 3 rings (SSSR count). The minimum absolute atomic E-state index is 0.0199. The lowest BCUT2D eigenvalue weighted by Gasteiger charge is -2.11. The van der Waals surface area contributed by atoms with Crippen LogP contribution in [-0.2, 0) is 4.79 Å². The molecule has 2 aromatic rings. The second-order valence-electron chi connectivity index (χ2n) is 6.00. The molecule has 2 aromatic carbocycles. The van der Waals surface area contributed by atoms with Gasteiger partial charge in [-0.15, -0.1) is 0 Å². The second-order valence-corrected chi connectivity index (χ2v) is 6.00. The zero-order chi connectivity index (χ0) is 16.9. The van der Waals surface area contributed by atoms with Gasteiger partial charge in [0.25, 0.3) is 5.91 Å². The maximum Gasteiger partial charge on any atom is 0.251 e. The molecule has 5 heteroatoms. The van der Waals surface area contributed by atoms with Gasteiger partial charge in [0.05, 0.1) is 12.5 Å². The summed E-state index contributed by atoms with van der Waals surface area (Å²) in [5.74, 6) is -0.364. The number of anilines is 1. The van der Waals surface area contributed by atoms with Gasteiger partial charge in [0.1, 0.15) is 0 Å². The number of carbonyl (C=O) groups is 2. The van der Waals surface area contributed by atoms with Crippen LogP contribution in [0.5, 0.6) is 0 Å². The van der Waals surface area contributed by atoms with E-state index in [-0.39, 0.29) is 18.2 Å². The van der Waals surface area contributed by atoms with E-state index < -0.39 is 6.10 Å². The monoisotopic (exact) mass is 324 g/mol. The molecule has 0 spiro atoms. The molecule has 0 aliphatic heterocycles. The molecular formula is C19H20N2O3. The first-order valence-electron chi connectivity index (χ1n) is 8.05. The average molecular weight is 324 g/mol. The molecule has 1 unspecified atom stereocenters. The fourth-order valence-corrected chi connectivity index (χ4v) is 2.38. The zero-order valence-corrected chi connectivity index (χ0v) is 13.2. The van der Waals surface area contributed by atoms with E-state index in [1.807, 2.05) is 18.2 Å². The van der Waals surface area contributed by atoms with E-state index in [1.54, 1.807) is 36.4 Å². The molecule has 1 aliphatic carbocycles. The number of benzene rings is 2. The van der Waals surface area contributed by atoms with Crippen molar-refractivity contribution in [3.8, 4) is 0 Å². The van der Waals surface area contributed by atoms with E-state index in [0.717, 1.165) is 12.8 Å². The quantitative estimate of drug-likeness (QED) is 0.764. The molecule has 0 bridgehead atoms. The maximum absolute atomic E-state index is 12.0. The van der Waals surface area contributed by atoms with Gasteiger partial charge in [0, 0.05) is 17.3 Å². The van der Waals surface area contributed by atoms with Crippen molar-refractivity contribution in [1.29, 1.82) is 0 Å². The Morgan fingerprint density at radius 3 is 2.33 bits per heavy atom. The normalized spacial score (nSPS) is 14.7. The van der Waals surface area contributed by atoms with Crippen LogP contribution in [0.2, 0.25) is 0 Å². The number of nitrogens with one attached hydrogen (secondary N) is 2. The SMILES string of the molecule is O=C(CC(O)c1ccccc1)Nc1ccc(C(=O)NC2CC2)cc1. The van der Waals surface area contributed by atoms with E-state index in [0.29, 0.717) is 22.9 Å². The van der Waals surface area contributed by atoms with Crippen molar-refractivity contribution in [2.75, 3.05) is 5.32 Å². The van der Waals surface area contributed by atoms with Crippen LogP contribution in [0.25, 0.3) is 0 Å². The van der Waals surface area contributed by atoms with Crippen molar-refractivity contribution in [1.82, 2.24) is 5.32 Å². The number of hydrogen-bond acceptors (Lipinski definition) is 3. The van der Waals surface area contributed by atoms with Crippen molar-refractivity contribution in [2.45, 2.75) is 31.4 Å². The largest absolute Gasteiger partial charge is 0.388 e. The number of aliphatic hydroxyl groups is 1. The van der Waals surface area contributed by atoms with Crippen molar-refractivity contribution >= 4 is 17.5 Å². The number of amides is 2. The van der Waals surface area contributed by atoms with Gasteiger partial charge in [-0.3, -0.25) is 9.59 Å². The third kappa shape index (κ3) is 4.43. The standard InChI is InChI=1S/C19H20N2O3/c22-17(13-4-2-1-3-5-13)12-18(23)20-15-8-6-14(7-9-15)19(24)21-16-10-11-16/h1-9,16-17,22H,10-12H2,(H,20,23)(H,21,24). The smallest absolute Gasteiger partial charge is 0.251 e. The number of hydrogen-bond donors (Lipinski definition) is 3. The van der Waals surface area contributed by atoms with Gasteiger partial charge in [0.2, 0.25) is 5.91 Å². The van der Waals surface area contributed by atoms with E-state index in [2.05, 4.69) is 10.6 Å². The second kappa shape index (κ2) is 7.27.